The molecule has 18 heavy (non-hydrogen) atoms. The van der Waals surface area contributed by atoms with Crippen LogP contribution in [0, 0.1) is 19.6 Å². The van der Waals surface area contributed by atoms with Crippen molar-refractivity contribution >= 4 is 34.0 Å². The molecule has 0 spiro atoms. The Bertz CT molecular complexity index is 424. The standard InChI is InChI=1S/C12H17IN2O3/c1-8(2)11(5-6-16)14-12-4-3-9(15(17)18)7-10(12)13/h3-4,7-8,11,14,16H,5-6H2,1-2H3. The normalized spacial score (nSPS) is 12.5. The number of nitrogens with zero attached hydrogens (tertiary/aromatic N) is 1. The first-order chi connectivity index (χ1) is 8.45. The van der Waals surface area contributed by atoms with E-state index < -0.39 is 4.92 Å². The van der Waals surface area contributed by atoms with Gasteiger partial charge in [-0.1, -0.05) is 13.8 Å². The lowest BCUT2D eigenvalue weighted by Gasteiger charge is -2.23. The summed E-state index contributed by atoms with van der Waals surface area (Å²) < 4.78 is 0.811. The smallest absolute Gasteiger partial charge is 0.270 e. The Morgan fingerprint density at radius 3 is 2.61 bits per heavy atom. The Labute approximate surface area is 120 Å². The van der Waals surface area contributed by atoms with E-state index in [-0.39, 0.29) is 18.3 Å². The molecule has 1 atom stereocenters. The van der Waals surface area contributed by atoms with Crippen LogP contribution in [0.4, 0.5) is 11.4 Å². The van der Waals surface area contributed by atoms with E-state index in [1.165, 1.54) is 6.07 Å². The van der Waals surface area contributed by atoms with E-state index in [2.05, 4.69) is 41.8 Å². The molecular weight excluding hydrogens is 347 g/mol. The van der Waals surface area contributed by atoms with Crippen LogP contribution < -0.4 is 5.32 Å². The second-order valence-corrected chi connectivity index (χ2v) is 5.59. The van der Waals surface area contributed by atoms with Gasteiger partial charge in [-0.25, -0.2) is 0 Å². The van der Waals surface area contributed by atoms with Crippen LogP contribution >= 0.6 is 22.6 Å². The van der Waals surface area contributed by atoms with Crippen LogP contribution in [0.3, 0.4) is 0 Å². The van der Waals surface area contributed by atoms with Gasteiger partial charge in [0.2, 0.25) is 0 Å². The molecule has 0 saturated carbocycles. The van der Waals surface area contributed by atoms with Crippen LogP contribution in [0.25, 0.3) is 0 Å². The zero-order valence-electron chi connectivity index (χ0n) is 10.4. The summed E-state index contributed by atoms with van der Waals surface area (Å²) in [5.74, 6) is 0.378. The number of aliphatic hydroxyl groups excluding tert-OH is 1. The van der Waals surface area contributed by atoms with Gasteiger partial charge in [0.15, 0.2) is 0 Å². The molecule has 2 N–H and O–H groups in total. The van der Waals surface area contributed by atoms with E-state index in [4.69, 9.17) is 5.11 Å². The van der Waals surface area contributed by atoms with Gasteiger partial charge in [0.05, 0.1) is 4.92 Å². The van der Waals surface area contributed by atoms with Crippen molar-refractivity contribution < 1.29 is 10.0 Å². The highest BCUT2D eigenvalue weighted by Crippen LogP contribution is 2.25. The van der Waals surface area contributed by atoms with Crippen molar-refractivity contribution in [1.82, 2.24) is 0 Å². The van der Waals surface area contributed by atoms with E-state index in [9.17, 15) is 10.1 Å². The van der Waals surface area contributed by atoms with Crippen LogP contribution in [0.15, 0.2) is 18.2 Å². The molecule has 0 aliphatic carbocycles. The summed E-state index contributed by atoms with van der Waals surface area (Å²) in [6.45, 7) is 4.27. The number of benzene rings is 1. The molecule has 1 aromatic rings. The van der Waals surface area contributed by atoms with Crippen molar-refractivity contribution in [2.75, 3.05) is 11.9 Å². The maximum absolute atomic E-state index is 10.6. The number of nitro groups is 1. The highest BCUT2D eigenvalue weighted by atomic mass is 127. The molecule has 0 heterocycles. The number of nitro benzene ring substituents is 1. The summed E-state index contributed by atoms with van der Waals surface area (Å²) >= 11 is 2.08. The topological polar surface area (TPSA) is 75.4 Å². The van der Waals surface area contributed by atoms with Crippen molar-refractivity contribution in [2.24, 2.45) is 5.92 Å². The summed E-state index contributed by atoms with van der Waals surface area (Å²) in [5, 5.41) is 23.0. The fraction of sp³-hybridized carbons (Fsp3) is 0.500. The summed E-state index contributed by atoms with van der Waals surface area (Å²) in [6, 6.07) is 4.90. The van der Waals surface area contributed by atoms with E-state index in [1.807, 2.05) is 0 Å². The number of aliphatic hydroxyl groups is 1. The van der Waals surface area contributed by atoms with Gasteiger partial charge in [-0.05, 0) is 41.0 Å². The first-order valence-corrected chi connectivity index (χ1v) is 6.85. The summed E-state index contributed by atoms with van der Waals surface area (Å²) in [5.41, 5.74) is 0.960. The minimum absolute atomic E-state index is 0.0909. The largest absolute Gasteiger partial charge is 0.396 e. The highest BCUT2D eigenvalue weighted by Gasteiger charge is 2.15. The predicted octanol–water partition coefficient (Wildman–Crippen LogP) is 3.02. The quantitative estimate of drug-likeness (QED) is 0.462. The Balaban J connectivity index is 2.86. The third kappa shape index (κ3) is 4.09. The van der Waals surface area contributed by atoms with E-state index in [0.717, 1.165) is 9.26 Å². The Morgan fingerprint density at radius 2 is 2.17 bits per heavy atom. The lowest BCUT2D eigenvalue weighted by molar-refractivity contribution is -0.384. The zero-order valence-corrected chi connectivity index (χ0v) is 12.5. The number of halogens is 1. The van der Waals surface area contributed by atoms with Crippen LogP contribution in [0.5, 0.6) is 0 Å². The molecular formula is C12H17IN2O3. The summed E-state index contributed by atoms with van der Waals surface area (Å²) in [6.07, 6.45) is 0.657. The third-order valence-corrected chi connectivity index (χ3v) is 3.64. The molecule has 0 amide bonds. The van der Waals surface area contributed by atoms with Crippen LogP contribution in [0.1, 0.15) is 20.3 Å². The van der Waals surface area contributed by atoms with Crippen molar-refractivity contribution in [3.05, 3.63) is 31.9 Å². The van der Waals surface area contributed by atoms with Crippen LogP contribution in [-0.4, -0.2) is 22.7 Å². The zero-order chi connectivity index (χ0) is 13.7. The molecule has 0 fully saturated rings. The molecule has 0 aromatic heterocycles. The van der Waals surface area contributed by atoms with E-state index >= 15 is 0 Å². The SMILES string of the molecule is CC(C)C(CCO)Nc1ccc([N+](=O)[O-])cc1I. The Hall–Kier alpha value is -0.890. The Kier molecular flexibility index (Phi) is 5.80. The second kappa shape index (κ2) is 6.89. The van der Waals surface area contributed by atoms with Gasteiger partial charge in [0.25, 0.3) is 5.69 Å². The molecule has 5 nitrogen and oxygen atoms in total. The number of non-ortho nitro benzene ring substituents is 1. The number of hydrogen-bond acceptors (Lipinski definition) is 4. The van der Waals surface area contributed by atoms with Gasteiger partial charge in [-0.2, -0.15) is 0 Å². The second-order valence-electron chi connectivity index (χ2n) is 4.43. The van der Waals surface area contributed by atoms with Crippen molar-refractivity contribution in [1.29, 1.82) is 0 Å². The highest BCUT2D eigenvalue weighted by molar-refractivity contribution is 14.1. The van der Waals surface area contributed by atoms with Crippen molar-refractivity contribution in [2.45, 2.75) is 26.3 Å². The van der Waals surface area contributed by atoms with Gasteiger partial charge < -0.3 is 10.4 Å². The molecule has 1 rings (SSSR count). The molecule has 0 radical (unpaired) electrons. The van der Waals surface area contributed by atoms with Gasteiger partial charge >= 0.3 is 0 Å². The fourth-order valence-corrected chi connectivity index (χ4v) is 2.30. The van der Waals surface area contributed by atoms with E-state index in [0.29, 0.717) is 12.3 Å². The van der Waals surface area contributed by atoms with Crippen LogP contribution in [0.2, 0.25) is 0 Å². The molecule has 0 aliphatic heterocycles. The summed E-state index contributed by atoms with van der Waals surface area (Å²) in [4.78, 5) is 10.2. The van der Waals surface area contributed by atoms with Gasteiger partial charge in [-0.3, -0.25) is 10.1 Å². The monoisotopic (exact) mass is 364 g/mol. The molecule has 100 valence electrons. The lowest BCUT2D eigenvalue weighted by atomic mass is 10.0. The summed E-state index contributed by atoms with van der Waals surface area (Å²) in [7, 11) is 0. The minimum atomic E-state index is -0.403. The lowest BCUT2D eigenvalue weighted by Crippen LogP contribution is -2.27. The average Bonchev–Trinajstić information content (AvgIpc) is 2.30. The number of rotatable bonds is 6. The van der Waals surface area contributed by atoms with Crippen LogP contribution in [-0.2, 0) is 0 Å². The molecule has 0 aliphatic rings. The van der Waals surface area contributed by atoms with Gasteiger partial charge in [0, 0.05) is 34.0 Å². The third-order valence-electron chi connectivity index (χ3n) is 2.75. The number of hydrogen-bond donors (Lipinski definition) is 2. The first kappa shape index (κ1) is 15.2. The van der Waals surface area contributed by atoms with Gasteiger partial charge in [-0.15, -0.1) is 0 Å². The molecule has 0 bridgehead atoms. The van der Waals surface area contributed by atoms with Crippen molar-refractivity contribution in [3.8, 4) is 0 Å². The fourth-order valence-electron chi connectivity index (χ4n) is 1.65. The number of anilines is 1. The molecule has 1 aromatic carbocycles. The average molecular weight is 364 g/mol. The predicted molar refractivity (Wildman–Crippen MR) is 79.8 cm³/mol. The maximum atomic E-state index is 10.6. The van der Waals surface area contributed by atoms with Crippen molar-refractivity contribution in [3.63, 3.8) is 0 Å². The Morgan fingerprint density at radius 1 is 1.50 bits per heavy atom. The molecule has 0 saturated heterocycles. The van der Waals surface area contributed by atoms with E-state index in [1.54, 1.807) is 12.1 Å². The first-order valence-electron chi connectivity index (χ1n) is 5.77. The maximum Gasteiger partial charge on any atom is 0.270 e. The molecule has 1 unspecified atom stereocenters. The van der Waals surface area contributed by atoms with Gasteiger partial charge in [0.1, 0.15) is 0 Å². The number of nitrogens with one attached hydrogen (secondary N) is 1. The molecule has 6 heteroatoms. The minimum Gasteiger partial charge on any atom is -0.396 e.